The average Bonchev–Trinajstić information content (AvgIpc) is 2.28. The molecule has 1 N–H and O–H groups in total. The molecular weight excluding hydrogens is 214 g/mol. The monoisotopic (exact) mass is 227 g/mol. The molecule has 0 heterocycles. The van der Waals surface area contributed by atoms with Crippen molar-refractivity contribution < 1.29 is 9.90 Å². The van der Waals surface area contributed by atoms with E-state index in [0.717, 1.165) is 11.3 Å². The fraction of sp³-hybridized carbons (Fsp3) is 0.364. The lowest BCUT2D eigenvalue weighted by atomic mass is 10.1. The first-order valence-corrected chi connectivity index (χ1v) is 5.25. The number of para-hydroxylation sites is 1. The van der Waals surface area contributed by atoms with E-state index in [1.807, 2.05) is 24.3 Å². The highest BCUT2D eigenvalue weighted by Gasteiger charge is 2.12. The Morgan fingerprint density at radius 2 is 2.13 bits per heavy atom. The summed E-state index contributed by atoms with van der Waals surface area (Å²) in [5.41, 5.74) is 1.75. The quantitative estimate of drug-likeness (QED) is 0.791. The molecule has 0 aliphatic rings. The smallest absolute Gasteiger partial charge is 0.241 e. The van der Waals surface area contributed by atoms with E-state index in [4.69, 9.17) is 16.7 Å². The van der Waals surface area contributed by atoms with Gasteiger partial charge in [0.1, 0.15) is 5.88 Å². The third-order valence-corrected chi connectivity index (χ3v) is 2.45. The molecule has 0 spiro atoms. The largest absolute Gasteiger partial charge is 0.396 e. The van der Waals surface area contributed by atoms with Crippen molar-refractivity contribution >= 4 is 23.2 Å². The number of aliphatic hydroxyl groups excluding tert-OH is 1. The van der Waals surface area contributed by atoms with Gasteiger partial charge in [-0.25, -0.2) is 0 Å². The Morgan fingerprint density at radius 1 is 1.47 bits per heavy atom. The molecule has 0 bridgehead atoms. The molecule has 15 heavy (non-hydrogen) atoms. The van der Waals surface area contributed by atoms with Gasteiger partial charge in [0.25, 0.3) is 0 Å². The van der Waals surface area contributed by atoms with Gasteiger partial charge in [0, 0.05) is 19.3 Å². The highest BCUT2D eigenvalue weighted by Crippen LogP contribution is 2.19. The first-order chi connectivity index (χ1) is 7.20. The van der Waals surface area contributed by atoms with Crippen molar-refractivity contribution in [3.63, 3.8) is 0 Å². The van der Waals surface area contributed by atoms with Gasteiger partial charge >= 0.3 is 0 Å². The zero-order valence-electron chi connectivity index (χ0n) is 8.61. The number of aliphatic hydroxyl groups is 1. The van der Waals surface area contributed by atoms with E-state index in [9.17, 15) is 4.79 Å². The summed E-state index contributed by atoms with van der Waals surface area (Å²) in [6.45, 7) is 0.0694. The van der Waals surface area contributed by atoms with Crippen LogP contribution in [0.4, 0.5) is 5.69 Å². The first kappa shape index (κ1) is 12.0. The maximum Gasteiger partial charge on any atom is 0.241 e. The summed E-state index contributed by atoms with van der Waals surface area (Å²) in [6, 6.07) is 7.47. The standard InChI is InChI=1S/C11H14ClNO2/c1-13(11(15)8-12)10-5-3-2-4-9(10)6-7-14/h2-5,14H,6-8H2,1H3. The fourth-order valence-electron chi connectivity index (χ4n) is 1.39. The van der Waals surface area contributed by atoms with Crippen LogP contribution in [0.1, 0.15) is 5.56 Å². The molecule has 0 atom stereocenters. The van der Waals surface area contributed by atoms with Gasteiger partial charge in [-0.1, -0.05) is 18.2 Å². The molecular formula is C11H14ClNO2. The van der Waals surface area contributed by atoms with E-state index in [1.165, 1.54) is 4.90 Å². The predicted octanol–water partition coefficient (Wildman–Crippen LogP) is 1.42. The highest BCUT2D eigenvalue weighted by molar-refractivity contribution is 6.29. The molecule has 1 amide bonds. The van der Waals surface area contributed by atoms with E-state index in [2.05, 4.69) is 0 Å². The SMILES string of the molecule is CN(C(=O)CCl)c1ccccc1CCO. The third-order valence-electron chi connectivity index (χ3n) is 2.22. The minimum absolute atomic E-state index is 0.0377. The van der Waals surface area contributed by atoms with Crippen LogP contribution in [0.15, 0.2) is 24.3 Å². The van der Waals surface area contributed by atoms with Gasteiger partial charge in [-0.05, 0) is 18.1 Å². The van der Waals surface area contributed by atoms with Gasteiger partial charge in [-0.3, -0.25) is 4.79 Å². The van der Waals surface area contributed by atoms with Gasteiger partial charge in [0.05, 0.1) is 0 Å². The normalized spacial score (nSPS) is 10.1. The van der Waals surface area contributed by atoms with Crippen molar-refractivity contribution in [1.82, 2.24) is 0 Å². The Bertz CT molecular complexity index is 341. The molecule has 0 aliphatic heterocycles. The molecule has 0 unspecified atom stereocenters. The topological polar surface area (TPSA) is 40.5 Å². The Morgan fingerprint density at radius 3 is 2.73 bits per heavy atom. The molecule has 0 saturated heterocycles. The Kier molecular flexibility index (Phi) is 4.59. The van der Waals surface area contributed by atoms with Crippen molar-refractivity contribution in [3.8, 4) is 0 Å². The number of hydrogen-bond acceptors (Lipinski definition) is 2. The summed E-state index contributed by atoms with van der Waals surface area (Å²) in [6.07, 6.45) is 0.538. The predicted molar refractivity (Wildman–Crippen MR) is 61.4 cm³/mol. The summed E-state index contributed by atoms with van der Waals surface area (Å²) in [7, 11) is 1.68. The van der Waals surface area contributed by atoms with Crippen LogP contribution in [-0.2, 0) is 11.2 Å². The number of rotatable bonds is 4. The summed E-state index contributed by atoms with van der Waals surface area (Å²) in [5.74, 6) is -0.189. The van der Waals surface area contributed by atoms with E-state index in [0.29, 0.717) is 6.42 Å². The third kappa shape index (κ3) is 2.94. The van der Waals surface area contributed by atoms with Crippen molar-refractivity contribution in [2.75, 3.05) is 24.4 Å². The second kappa shape index (κ2) is 5.73. The van der Waals surface area contributed by atoms with Crippen molar-refractivity contribution in [1.29, 1.82) is 0 Å². The van der Waals surface area contributed by atoms with Crippen LogP contribution in [0.2, 0.25) is 0 Å². The number of alkyl halides is 1. The van der Waals surface area contributed by atoms with Crippen molar-refractivity contribution in [2.24, 2.45) is 0 Å². The molecule has 0 aliphatic carbocycles. The molecule has 82 valence electrons. The second-order valence-electron chi connectivity index (χ2n) is 3.19. The Balaban J connectivity index is 2.96. The summed E-state index contributed by atoms with van der Waals surface area (Å²) >= 11 is 5.49. The zero-order valence-corrected chi connectivity index (χ0v) is 9.37. The van der Waals surface area contributed by atoms with Crippen LogP contribution in [0.3, 0.4) is 0 Å². The lowest BCUT2D eigenvalue weighted by Gasteiger charge is -2.19. The van der Waals surface area contributed by atoms with Crippen molar-refractivity contribution in [3.05, 3.63) is 29.8 Å². The number of benzene rings is 1. The molecule has 0 aromatic heterocycles. The number of carbonyl (C=O) groups is 1. The number of nitrogens with zero attached hydrogens (tertiary/aromatic N) is 1. The number of anilines is 1. The van der Waals surface area contributed by atoms with Gasteiger partial charge in [0.2, 0.25) is 5.91 Å². The van der Waals surface area contributed by atoms with Crippen LogP contribution in [0.5, 0.6) is 0 Å². The van der Waals surface area contributed by atoms with Gasteiger partial charge in [0.15, 0.2) is 0 Å². The molecule has 0 fully saturated rings. The Hall–Kier alpha value is -1.06. The van der Waals surface area contributed by atoms with E-state index < -0.39 is 0 Å². The number of carbonyl (C=O) groups excluding carboxylic acids is 1. The fourth-order valence-corrected chi connectivity index (χ4v) is 1.57. The van der Waals surface area contributed by atoms with Crippen LogP contribution in [-0.4, -0.2) is 30.5 Å². The molecule has 1 aromatic rings. The molecule has 0 radical (unpaired) electrons. The van der Waals surface area contributed by atoms with Gasteiger partial charge in [-0.2, -0.15) is 0 Å². The number of hydrogen-bond donors (Lipinski definition) is 1. The molecule has 1 rings (SSSR count). The van der Waals surface area contributed by atoms with E-state index in [1.54, 1.807) is 7.05 Å². The first-order valence-electron chi connectivity index (χ1n) is 4.72. The summed E-state index contributed by atoms with van der Waals surface area (Å²) in [4.78, 5) is 12.9. The minimum atomic E-state index is -0.151. The molecule has 4 heteroatoms. The van der Waals surface area contributed by atoms with E-state index >= 15 is 0 Å². The number of halogens is 1. The van der Waals surface area contributed by atoms with E-state index in [-0.39, 0.29) is 18.4 Å². The minimum Gasteiger partial charge on any atom is -0.396 e. The summed E-state index contributed by atoms with van der Waals surface area (Å²) in [5, 5.41) is 8.89. The maximum absolute atomic E-state index is 11.4. The zero-order chi connectivity index (χ0) is 11.3. The van der Waals surface area contributed by atoms with Crippen molar-refractivity contribution in [2.45, 2.75) is 6.42 Å². The van der Waals surface area contributed by atoms with Gasteiger partial charge < -0.3 is 10.0 Å². The summed E-state index contributed by atoms with van der Waals surface area (Å²) < 4.78 is 0. The lowest BCUT2D eigenvalue weighted by Crippen LogP contribution is -2.28. The van der Waals surface area contributed by atoms with Gasteiger partial charge in [-0.15, -0.1) is 11.6 Å². The lowest BCUT2D eigenvalue weighted by molar-refractivity contribution is -0.116. The van der Waals surface area contributed by atoms with Crippen LogP contribution in [0, 0.1) is 0 Å². The highest BCUT2D eigenvalue weighted by atomic mass is 35.5. The van der Waals surface area contributed by atoms with Crippen LogP contribution >= 0.6 is 11.6 Å². The average molecular weight is 228 g/mol. The molecule has 1 aromatic carbocycles. The molecule has 0 saturated carbocycles. The van der Waals surface area contributed by atoms with Crippen LogP contribution < -0.4 is 4.90 Å². The Labute approximate surface area is 94.3 Å². The second-order valence-corrected chi connectivity index (χ2v) is 3.46. The van der Waals surface area contributed by atoms with Crippen LogP contribution in [0.25, 0.3) is 0 Å². The number of amides is 1. The molecule has 3 nitrogen and oxygen atoms in total. The maximum atomic E-state index is 11.4.